The maximum Gasteiger partial charge on any atom is 0.305 e. The van der Waals surface area contributed by atoms with Gasteiger partial charge < -0.3 is 29.2 Å². The number of fused-ring (bicyclic) bond motifs is 1. The molecule has 0 aromatic carbocycles. The fourth-order valence-corrected chi connectivity index (χ4v) is 4.82. The van der Waals surface area contributed by atoms with Crippen LogP contribution in [-0.4, -0.2) is 59.3 Å². The molecular weight excluding hydrogens is 436 g/mol. The minimum Gasteiger partial charge on any atom is -0.463 e. The smallest absolute Gasteiger partial charge is 0.305 e. The van der Waals surface area contributed by atoms with Gasteiger partial charge in [0.15, 0.2) is 12.1 Å². The van der Waals surface area contributed by atoms with Crippen LogP contribution in [0.2, 0.25) is 0 Å². The Morgan fingerprint density at radius 1 is 0.853 bits per heavy atom. The van der Waals surface area contributed by atoms with E-state index >= 15 is 0 Å². The average molecular weight is 487 g/mol. The van der Waals surface area contributed by atoms with Gasteiger partial charge in [0.1, 0.15) is 31.0 Å². The Labute approximate surface area is 206 Å². The highest BCUT2D eigenvalue weighted by atomic mass is 16.8. The highest BCUT2D eigenvalue weighted by Crippen LogP contribution is 2.38. The first kappa shape index (κ1) is 29.5. The third-order valence-electron chi connectivity index (χ3n) is 6.83. The number of carbonyl (C=O) groups excluding carboxylic acids is 1. The molecule has 7 nitrogen and oxygen atoms in total. The summed E-state index contributed by atoms with van der Waals surface area (Å²) in [4.78, 5) is 12.0. The molecule has 2 fully saturated rings. The quantitative estimate of drug-likeness (QED) is 0.187. The van der Waals surface area contributed by atoms with Gasteiger partial charge in [-0.25, -0.2) is 0 Å². The summed E-state index contributed by atoms with van der Waals surface area (Å²) in [6.07, 6.45) is 15.1. The van der Waals surface area contributed by atoms with Gasteiger partial charge in [-0.1, -0.05) is 96.8 Å². The van der Waals surface area contributed by atoms with Crippen molar-refractivity contribution in [3.63, 3.8) is 0 Å². The molecule has 0 unspecified atom stereocenters. The van der Waals surface area contributed by atoms with Crippen molar-refractivity contribution in [3.05, 3.63) is 0 Å². The minimum absolute atomic E-state index is 0.206. The zero-order valence-electron chi connectivity index (χ0n) is 21.8. The van der Waals surface area contributed by atoms with Crippen LogP contribution < -0.4 is 0 Å². The highest BCUT2D eigenvalue weighted by Gasteiger charge is 2.56. The topological polar surface area (TPSA) is 94.5 Å². The summed E-state index contributed by atoms with van der Waals surface area (Å²) in [5.41, 5.74) is 0. The van der Waals surface area contributed by atoms with Gasteiger partial charge in [-0.2, -0.15) is 0 Å². The van der Waals surface area contributed by atoms with Gasteiger partial charge in [-0.3, -0.25) is 4.79 Å². The first-order valence-electron chi connectivity index (χ1n) is 13.9. The Hall–Kier alpha value is -0.730. The van der Waals surface area contributed by atoms with Crippen LogP contribution in [-0.2, 0) is 23.7 Å². The second-order valence-corrected chi connectivity index (χ2v) is 10.5. The Kier molecular flexibility index (Phi) is 14.0. The number of unbranched alkanes of at least 4 members (excludes halogenated alkanes) is 14. The SMILES string of the molecule is CCCCCCCCCCCCCCCCCC(=O)OC[C@@H](O)[C@H]1O[C@@H]2OC(C)(C)O[C@@H]2[C@H]1O. The van der Waals surface area contributed by atoms with Gasteiger partial charge in [0.2, 0.25) is 0 Å². The molecule has 0 saturated carbocycles. The molecule has 0 bridgehead atoms. The number of ether oxygens (including phenoxy) is 4. The summed E-state index contributed by atoms with van der Waals surface area (Å²) >= 11 is 0. The van der Waals surface area contributed by atoms with Gasteiger partial charge in [-0.05, 0) is 20.3 Å². The third kappa shape index (κ3) is 10.9. The summed E-state index contributed by atoms with van der Waals surface area (Å²) in [5, 5.41) is 20.6. The van der Waals surface area contributed by atoms with Crippen molar-refractivity contribution < 1.29 is 34.0 Å². The van der Waals surface area contributed by atoms with E-state index in [2.05, 4.69) is 6.92 Å². The fraction of sp³-hybridized carbons (Fsp3) is 0.963. The van der Waals surface area contributed by atoms with Crippen molar-refractivity contribution >= 4 is 5.97 Å². The largest absolute Gasteiger partial charge is 0.463 e. The molecule has 0 aliphatic carbocycles. The number of esters is 1. The first-order valence-corrected chi connectivity index (χ1v) is 13.9. The van der Waals surface area contributed by atoms with Crippen LogP contribution in [0.1, 0.15) is 124 Å². The molecule has 7 heteroatoms. The summed E-state index contributed by atoms with van der Waals surface area (Å²) in [5.74, 6) is -1.15. The van der Waals surface area contributed by atoms with Crippen molar-refractivity contribution in [1.29, 1.82) is 0 Å². The summed E-state index contributed by atoms with van der Waals surface area (Å²) in [7, 11) is 0. The van der Waals surface area contributed by atoms with Crippen LogP contribution in [0.4, 0.5) is 0 Å². The van der Waals surface area contributed by atoms with Crippen molar-refractivity contribution in [1.82, 2.24) is 0 Å². The average Bonchev–Trinajstić information content (AvgIpc) is 3.26. The molecule has 200 valence electrons. The molecule has 0 aromatic rings. The molecule has 5 atom stereocenters. The van der Waals surface area contributed by atoms with Gasteiger partial charge in [0, 0.05) is 6.42 Å². The highest BCUT2D eigenvalue weighted by molar-refractivity contribution is 5.69. The molecule has 2 heterocycles. The summed E-state index contributed by atoms with van der Waals surface area (Å²) in [6.45, 7) is 5.54. The fourth-order valence-electron chi connectivity index (χ4n) is 4.82. The van der Waals surface area contributed by atoms with E-state index in [0.717, 1.165) is 19.3 Å². The number of aliphatic hydroxyl groups excluding tert-OH is 2. The number of carbonyl (C=O) groups is 1. The lowest BCUT2D eigenvalue weighted by atomic mass is 10.0. The molecule has 0 amide bonds. The lowest BCUT2D eigenvalue weighted by molar-refractivity contribution is -0.228. The predicted octanol–water partition coefficient (Wildman–Crippen LogP) is 5.39. The van der Waals surface area contributed by atoms with Crippen molar-refractivity contribution in [3.8, 4) is 0 Å². The monoisotopic (exact) mass is 486 g/mol. The molecule has 0 spiro atoms. The number of hydrogen-bond donors (Lipinski definition) is 2. The molecule has 2 rings (SSSR count). The van der Waals surface area contributed by atoms with E-state index in [-0.39, 0.29) is 12.6 Å². The molecule has 2 aliphatic rings. The number of hydrogen-bond acceptors (Lipinski definition) is 7. The van der Waals surface area contributed by atoms with Gasteiger partial charge in [0.25, 0.3) is 0 Å². The van der Waals surface area contributed by atoms with Crippen LogP contribution in [0.3, 0.4) is 0 Å². The van der Waals surface area contributed by atoms with Gasteiger partial charge >= 0.3 is 5.97 Å². The van der Waals surface area contributed by atoms with E-state index in [0.29, 0.717) is 6.42 Å². The Bertz CT molecular complexity index is 553. The van der Waals surface area contributed by atoms with E-state index < -0.39 is 36.5 Å². The Morgan fingerprint density at radius 2 is 1.35 bits per heavy atom. The Balaban J connectivity index is 1.38. The van der Waals surface area contributed by atoms with Crippen molar-refractivity contribution in [2.24, 2.45) is 0 Å². The lowest BCUT2D eigenvalue weighted by Crippen LogP contribution is -2.43. The predicted molar refractivity (Wildman–Crippen MR) is 131 cm³/mol. The maximum absolute atomic E-state index is 12.0. The molecule has 2 saturated heterocycles. The van der Waals surface area contributed by atoms with Crippen LogP contribution in [0.5, 0.6) is 0 Å². The summed E-state index contributed by atoms with van der Waals surface area (Å²) < 4.78 is 21.9. The summed E-state index contributed by atoms with van der Waals surface area (Å²) in [6, 6.07) is 0. The second kappa shape index (κ2) is 16.1. The molecule has 2 aliphatic heterocycles. The molecule has 0 radical (unpaired) electrons. The van der Waals surface area contributed by atoms with Crippen molar-refractivity contribution in [2.45, 2.75) is 160 Å². The molecule has 34 heavy (non-hydrogen) atoms. The lowest BCUT2D eigenvalue weighted by Gasteiger charge is -2.25. The maximum atomic E-state index is 12.0. The first-order chi connectivity index (χ1) is 16.3. The normalized spacial score (nSPS) is 26.5. The standard InChI is InChI=1S/C27H50O7/c1-4-5-6-7-8-9-10-11-12-13-14-15-16-17-18-19-22(29)31-20-21(28)24-23(30)25-26(32-24)34-27(2,3)33-25/h21,23-26,28,30H,4-20H2,1-3H3/t21-,23+,24-,25-,26-/m1/s1. The van der Waals surface area contributed by atoms with Crippen molar-refractivity contribution in [2.75, 3.05) is 6.61 Å². The van der Waals surface area contributed by atoms with Crippen LogP contribution in [0, 0.1) is 0 Å². The van der Waals surface area contributed by atoms with E-state index in [1.165, 1.54) is 77.0 Å². The molecular formula is C27H50O7. The Morgan fingerprint density at radius 3 is 1.85 bits per heavy atom. The van der Waals surface area contributed by atoms with Crippen LogP contribution in [0.25, 0.3) is 0 Å². The van der Waals surface area contributed by atoms with E-state index in [4.69, 9.17) is 18.9 Å². The molecule has 2 N–H and O–H groups in total. The zero-order chi connectivity index (χ0) is 24.8. The molecule has 0 aromatic heterocycles. The number of aliphatic hydroxyl groups is 2. The zero-order valence-corrected chi connectivity index (χ0v) is 21.8. The van der Waals surface area contributed by atoms with Crippen LogP contribution in [0.15, 0.2) is 0 Å². The van der Waals surface area contributed by atoms with Crippen LogP contribution >= 0.6 is 0 Å². The third-order valence-corrected chi connectivity index (χ3v) is 6.83. The van der Waals surface area contributed by atoms with Gasteiger partial charge in [0.05, 0.1) is 0 Å². The van der Waals surface area contributed by atoms with E-state index in [9.17, 15) is 15.0 Å². The number of rotatable bonds is 19. The van der Waals surface area contributed by atoms with E-state index in [1.807, 2.05) is 0 Å². The van der Waals surface area contributed by atoms with E-state index in [1.54, 1.807) is 13.8 Å². The minimum atomic E-state index is -1.12. The second-order valence-electron chi connectivity index (χ2n) is 10.5. The van der Waals surface area contributed by atoms with Gasteiger partial charge in [-0.15, -0.1) is 0 Å².